The molecule has 2 aromatic rings. The van der Waals surface area contributed by atoms with E-state index in [1.807, 2.05) is 22.8 Å². The van der Waals surface area contributed by atoms with Gasteiger partial charge in [0.15, 0.2) is 0 Å². The number of hydrogen-bond donors (Lipinski definition) is 1. The first-order valence-electron chi connectivity index (χ1n) is 12.0. The lowest BCUT2D eigenvalue weighted by molar-refractivity contribution is -0.384. The zero-order valence-corrected chi connectivity index (χ0v) is 20.0. The molecule has 2 amide bonds. The van der Waals surface area contributed by atoms with E-state index in [1.165, 1.54) is 6.07 Å². The molecule has 2 aromatic carbocycles. The molecule has 2 saturated heterocycles. The molecule has 1 N–H and O–H groups in total. The van der Waals surface area contributed by atoms with Crippen molar-refractivity contribution in [3.05, 3.63) is 63.2 Å². The summed E-state index contributed by atoms with van der Waals surface area (Å²) in [5.41, 5.74) is 2.56. The number of nitrogens with zero attached hydrogens (tertiary/aromatic N) is 3. The third-order valence-electron chi connectivity index (χ3n) is 6.77. The molecule has 8 nitrogen and oxygen atoms in total. The SMILES string of the molecule is Cc1ccc(C(=O)N2CC(C)CC(C)C2)cc1NC(=O)c1ccc(N2CCCC2)c([N+](=O)[O-])c1. The van der Waals surface area contributed by atoms with Crippen LogP contribution in [-0.2, 0) is 0 Å². The van der Waals surface area contributed by atoms with Gasteiger partial charge in [0, 0.05) is 49.1 Å². The van der Waals surface area contributed by atoms with E-state index in [4.69, 9.17) is 0 Å². The molecule has 2 aliphatic heterocycles. The molecule has 2 fully saturated rings. The Morgan fingerprint density at radius 1 is 1.00 bits per heavy atom. The van der Waals surface area contributed by atoms with E-state index in [9.17, 15) is 19.7 Å². The molecule has 2 aliphatic rings. The van der Waals surface area contributed by atoms with Crippen LogP contribution in [0.3, 0.4) is 0 Å². The lowest BCUT2D eigenvalue weighted by Gasteiger charge is -2.35. The van der Waals surface area contributed by atoms with E-state index >= 15 is 0 Å². The summed E-state index contributed by atoms with van der Waals surface area (Å²) >= 11 is 0. The van der Waals surface area contributed by atoms with Gasteiger partial charge in [0.2, 0.25) is 0 Å². The summed E-state index contributed by atoms with van der Waals surface area (Å²) in [4.78, 5) is 41.3. The normalized spacial score (nSPS) is 20.3. The van der Waals surface area contributed by atoms with Crippen molar-refractivity contribution in [3.63, 3.8) is 0 Å². The van der Waals surface area contributed by atoms with Crippen molar-refractivity contribution in [1.29, 1.82) is 0 Å². The minimum Gasteiger partial charge on any atom is -0.366 e. The predicted molar refractivity (Wildman–Crippen MR) is 133 cm³/mol. The molecule has 8 heteroatoms. The van der Waals surface area contributed by atoms with Crippen LogP contribution in [0.2, 0.25) is 0 Å². The van der Waals surface area contributed by atoms with Crippen molar-refractivity contribution in [2.24, 2.45) is 11.8 Å². The molecule has 0 aromatic heterocycles. The number of benzene rings is 2. The fourth-order valence-electron chi connectivity index (χ4n) is 5.13. The summed E-state index contributed by atoms with van der Waals surface area (Å²) in [6.07, 6.45) is 3.12. The van der Waals surface area contributed by atoms with Crippen LogP contribution in [0.4, 0.5) is 17.1 Å². The van der Waals surface area contributed by atoms with E-state index in [0.717, 1.165) is 51.0 Å². The number of hydrogen-bond acceptors (Lipinski definition) is 5. The smallest absolute Gasteiger partial charge is 0.293 e. The summed E-state index contributed by atoms with van der Waals surface area (Å²) in [5, 5.41) is 14.5. The van der Waals surface area contributed by atoms with Crippen molar-refractivity contribution in [1.82, 2.24) is 4.90 Å². The number of rotatable bonds is 5. The van der Waals surface area contributed by atoms with Crippen LogP contribution in [0.1, 0.15) is 59.4 Å². The average molecular weight is 465 g/mol. The van der Waals surface area contributed by atoms with Crippen LogP contribution in [0.5, 0.6) is 0 Å². The maximum Gasteiger partial charge on any atom is 0.293 e. The monoisotopic (exact) mass is 464 g/mol. The van der Waals surface area contributed by atoms with E-state index in [1.54, 1.807) is 24.3 Å². The third-order valence-corrected chi connectivity index (χ3v) is 6.77. The number of aryl methyl sites for hydroxylation is 1. The summed E-state index contributed by atoms with van der Waals surface area (Å²) in [6.45, 7) is 9.18. The molecule has 0 bridgehead atoms. The molecule has 0 radical (unpaired) electrons. The van der Waals surface area contributed by atoms with Crippen LogP contribution in [0, 0.1) is 28.9 Å². The van der Waals surface area contributed by atoms with Crippen molar-refractivity contribution < 1.29 is 14.5 Å². The number of amides is 2. The van der Waals surface area contributed by atoms with Gasteiger partial charge in [0.05, 0.1) is 4.92 Å². The molecule has 180 valence electrons. The highest BCUT2D eigenvalue weighted by Gasteiger charge is 2.27. The largest absolute Gasteiger partial charge is 0.366 e. The van der Waals surface area contributed by atoms with Gasteiger partial charge >= 0.3 is 0 Å². The predicted octanol–water partition coefficient (Wildman–Crippen LogP) is 4.87. The van der Waals surface area contributed by atoms with E-state index < -0.39 is 10.8 Å². The Kier molecular flexibility index (Phi) is 6.86. The molecule has 34 heavy (non-hydrogen) atoms. The Balaban J connectivity index is 1.54. The lowest BCUT2D eigenvalue weighted by atomic mass is 9.91. The van der Waals surface area contributed by atoms with Crippen LogP contribution in [-0.4, -0.2) is 47.8 Å². The Hall–Kier alpha value is -3.42. The number of nitro groups is 1. The van der Waals surface area contributed by atoms with Crippen molar-refractivity contribution in [3.8, 4) is 0 Å². The van der Waals surface area contributed by atoms with E-state index in [-0.39, 0.29) is 17.2 Å². The second kappa shape index (κ2) is 9.83. The van der Waals surface area contributed by atoms with Gasteiger partial charge in [-0.05, 0) is 67.9 Å². The topological polar surface area (TPSA) is 95.8 Å². The molecule has 0 saturated carbocycles. The molecule has 2 atom stereocenters. The van der Waals surface area contributed by atoms with Crippen LogP contribution in [0.25, 0.3) is 0 Å². The molecule has 2 unspecified atom stereocenters. The zero-order chi connectivity index (χ0) is 24.4. The first-order chi connectivity index (χ1) is 16.2. The highest BCUT2D eigenvalue weighted by Crippen LogP contribution is 2.32. The van der Waals surface area contributed by atoms with Gasteiger partial charge < -0.3 is 15.1 Å². The first-order valence-corrected chi connectivity index (χ1v) is 12.0. The quantitative estimate of drug-likeness (QED) is 0.503. The molecule has 2 heterocycles. The second-order valence-corrected chi connectivity index (χ2v) is 9.79. The van der Waals surface area contributed by atoms with Crippen molar-refractivity contribution in [2.45, 2.75) is 40.0 Å². The summed E-state index contributed by atoms with van der Waals surface area (Å²) in [7, 11) is 0. The maximum absolute atomic E-state index is 13.1. The highest BCUT2D eigenvalue weighted by atomic mass is 16.6. The summed E-state index contributed by atoms with van der Waals surface area (Å²) in [6, 6.07) is 9.92. The standard InChI is InChI=1S/C26H32N4O4/c1-17-12-18(2)16-29(15-17)26(32)21-7-6-19(3)22(13-21)27-25(31)20-8-9-23(24(14-20)30(33)34)28-10-4-5-11-28/h6-9,13-14,17-18H,4-5,10-12,15-16H2,1-3H3,(H,27,31). The third kappa shape index (κ3) is 5.05. The van der Waals surface area contributed by atoms with Gasteiger partial charge in [0.25, 0.3) is 17.5 Å². The zero-order valence-electron chi connectivity index (χ0n) is 20.0. The minimum absolute atomic E-state index is 0.0421. The van der Waals surface area contributed by atoms with Crippen molar-refractivity contribution >= 4 is 28.9 Å². The molecular formula is C26H32N4O4. The van der Waals surface area contributed by atoms with Gasteiger partial charge in [0.1, 0.15) is 5.69 Å². The highest BCUT2D eigenvalue weighted by molar-refractivity contribution is 6.06. The number of likely N-dealkylation sites (tertiary alicyclic amines) is 1. The molecule has 4 rings (SSSR count). The Morgan fingerprint density at radius 2 is 1.65 bits per heavy atom. The number of carbonyl (C=O) groups is 2. The van der Waals surface area contributed by atoms with Gasteiger partial charge in [-0.15, -0.1) is 0 Å². The number of piperidine rings is 1. The molecule has 0 spiro atoms. The second-order valence-electron chi connectivity index (χ2n) is 9.79. The van der Waals surface area contributed by atoms with E-state index in [0.29, 0.717) is 28.8 Å². The fraction of sp³-hybridized carbons (Fsp3) is 0.462. The minimum atomic E-state index is -0.441. The van der Waals surface area contributed by atoms with Crippen molar-refractivity contribution in [2.75, 3.05) is 36.4 Å². The van der Waals surface area contributed by atoms with Gasteiger partial charge in [-0.2, -0.15) is 0 Å². The maximum atomic E-state index is 13.1. The lowest BCUT2D eigenvalue weighted by Crippen LogP contribution is -2.42. The van der Waals surface area contributed by atoms with Gasteiger partial charge in [-0.3, -0.25) is 19.7 Å². The van der Waals surface area contributed by atoms with Gasteiger partial charge in [-0.1, -0.05) is 19.9 Å². The first kappa shape index (κ1) is 23.7. The Morgan fingerprint density at radius 3 is 2.29 bits per heavy atom. The number of nitro benzene ring substituents is 1. The number of nitrogens with one attached hydrogen (secondary N) is 1. The molecule has 0 aliphatic carbocycles. The number of anilines is 2. The van der Waals surface area contributed by atoms with Crippen LogP contribution < -0.4 is 10.2 Å². The fourth-order valence-corrected chi connectivity index (χ4v) is 5.13. The summed E-state index contributed by atoms with van der Waals surface area (Å²) < 4.78 is 0. The van der Waals surface area contributed by atoms with Crippen LogP contribution >= 0.6 is 0 Å². The Bertz CT molecular complexity index is 1100. The van der Waals surface area contributed by atoms with Gasteiger partial charge in [-0.25, -0.2) is 0 Å². The van der Waals surface area contributed by atoms with Crippen LogP contribution in [0.15, 0.2) is 36.4 Å². The summed E-state index contributed by atoms with van der Waals surface area (Å²) in [5.74, 6) is 0.428. The number of carbonyl (C=O) groups excluding carboxylic acids is 2. The molecular weight excluding hydrogens is 432 g/mol. The average Bonchev–Trinajstić information content (AvgIpc) is 3.33. The van der Waals surface area contributed by atoms with E-state index in [2.05, 4.69) is 19.2 Å². The Labute approximate surface area is 200 Å².